The molecule has 6 heteroatoms. The van der Waals surface area contributed by atoms with Crippen LogP contribution in [0.5, 0.6) is 5.75 Å². The van der Waals surface area contributed by atoms with Crippen LogP contribution in [0.2, 0.25) is 0 Å². The first-order valence-electron chi connectivity index (χ1n) is 8.87. The van der Waals surface area contributed by atoms with Crippen LogP contribution in [0, 0.1) is 10.9 Å². The van der Waals surface area contributed by atoms with Crippen LogP contribution in [0.15, 0.2) is 104 Å². The minimum atomic E-state index is -0.615. The van der Waals surface area contributed by atoms with Crippen LogP contribution < -0.4 is 4.74 Å². The third kappa shape index (κ3) is 5.71. The summed E-state index contributed by atoms with van der Waals surface area (Å²) in [6.07, 6.45) is 0. The van der Waals surface area contributed by atoms with Gasteiger partial charge in [-0.1, -0.05) is 0 Å². The zero-order chi connectivity index (χ0) is 20.2. The first-order valence-corrected chi connectivity index (χ1v) is 13.4. The molecule has 3 aromatic carbocycles. The van der Waals surface area contributed by atoms with E-state index < -0.39 is 10.9 Å². The second kappa shape index (κ2) is 10.1. The lowest BCUT2D eigenvalue weighted by atomic mass is 10.3. The standard InChI is InChI=1S/C23H17I3O2S/c24-16-1-8-20(9-2-16)29(21-10-3-17(25)4-11-21)22-12-5-18(6-13-22)27-15-19-7-14-23(26)28-19/h1-14,29H,15H2. The van der Waals surface area contributed by atoms with Gasteiger partial charge in [0.1, 0.15) is 18.1 Å². The molecule has 0 bridgehead atoms. The predicted molar refractivity (Wildman–Crippen MR) is 144 cm³/mol. The number of rotatable bonds is 6. The number of furan rings is 1. The van der Waals surface area contributed by atoms with Crippen LogP contribution in [-0.2, 0) is 6.61 Å². The quantitative estimate of drug-likeness (QED) is 0.160. The molecule has 2 nitrogen and oxygen atoms in total. The third-order valence-corrected chi connectivity index (χ3v) is 8.74. The Morgan fingerprint density at radius 1 is 0.621 bits per heavy atom. The highest BCUT2D eigenvalue weighted by Gasteiger charge is 2.13. The molecule has 4 rings (SSSR count). The molecule has 0 unspecified atom stereocenters. The Hall–Kier alpha value is -0.720. The van der Waals surface area contributed by atoms with Crippen molar-refractivity contribution in [2.24, 2.45) is 0 Å². The molecule has 0 N–H and O–H groups in total. The average molecular weight is 738 g/mol. The fraction of sp³-hybridized carbons (Fsp3) is 0.0435. The molecule has 0 atom stereocenters. The maximum absolute atomic E-state index is 5.89. The first-order chi connectivity index (χ1) is 14.1. The monoisotopic (exact) mass is 738 g/mol. The Kier molecular flexibility index (Phi) is 7.46. The normalized spacial score (nSPS) is 11.3. The summed E-state index contributed by atoms with van der Waals surface area (Å²) < 4.78 is 14.8. The van der Waals surface area contributed by atoms with Crippen molar-refractivity contribution in [3.05, 3.63) is 102 Å². The fourth-order valence-corrected chi connectivity index (χ4v) is 6.32. The van der Waals surface area contributed by atoms with Crippen LogP contribution in [0.25, 0.3) is 0 Å². The lowest BCUT2D eigenvalue weighted by molar-refractivity contribution is 0.267. The lowest BCUT2D eigenvalue weighted by Crippen LogP contribution is -1.94. The van der Waals surface area contributed by atoms with Gasteiger partial charge in [-0.25, -0.2) is 0 Å². The highest BCUT2D eigenvalue weighted by atomic mass is 127. The van der Waals surface area contributed by atoms with E-state index in [1.54, 1.807) is 0 Å². The van der Waals surface area contributed by atoms with E-state index in [2.05, 4.69) is 141 Å². The van der Waals surface area contributed by atoms with Crippen molar-refractivity contribution in [1.82, 2.24) is 0 Å². The van der Waals surface area contributed by atoms with Gasteiger partial charge >= 0.3 is 0 Å². The second-order valence-corrected chi connectivity index (χ2v) is 12.1. The predicted octanol–water partition coefficient (Wildman–Crippen LogP) is 8.15. The molecule has 0 spiro atoms. The summed E-state index contributed by atoms with van der Waals surface area (Å²) in [4.78, 5) is 4.00. The lowest BCUT2D eigenvalue weighted by Gasteiger charge is -2.23. The van der Waals surface area contributed by atoms with Gasteiger partial charge in [0.15, 0.2) is 3.77 Å². The number of benzene rings is 3. The summed E-state index contributed by atoms with van der Waals surface area (Å²) >= 11 is 6.87. The van der Waals surface area contributed by atoms with Gasteiger partial charge in [0.05, 0.1) is 0 Å². The second-order valence-electron chi connectivity index (χ2n) is 6.28. The molecule has 0 saturated heterocycles. The number of ether oxygens (including phenoxy) is 1. The maximum Gasteiger partial charge on any atom is 0.164 e. The highest BCUT2D eigenvalue weighted by molar-refractivity contribution is 14.1. The Labute approximate surface area is 214 Å². The van der Waals surface area contributed by atoms with Crippen LogP contribution in [0.3, 0.4) is 0 Å². The van der Waals surface area contributed by atoms with Gasteiger partial charge in [0.25, 0.3) is 0 Å². The Balaban J connectivity index is 1.60. The Bertz CT molecular complexity index is 1030. The Morgan fingerprint density at radius 2 is 1.10 bits per heavy atom. The van der Waals surface area contributed by atoms with Gasteiger partial charge in [-0.15, -0.1) is 0 Å². The molecule has 1 heterocycles. The zero-order valence-corrected chi connectivity index (χ0v) is 22.6. The summed E-state index contributed by atoms with van der Waals surface area (Å²) in [5.41, 5.74) is 0. The van der Waals surface area contributed by atoms with Crippen molar-refractivity contribution in [3.8, 4) is 5.75 Å². The van der Waals surface area contributed by atoms with Gasteiger partial charge < -0.3 is 9.15 Å². The molecule has 0 aliphatic rings. The Morgan fingerprint density at radius 3 is 1.55 bits per heavy atom. The van der Waals surface area contributed by atoms with Gasteiger partial charge in [-0.3, -0.25) is 0 Å². The largest absolute Gasteiger partial charge is 0.486 e. The zero-order valence-electron chi connectivity index (χ0n) is 15.2. The molecule has 0 saturated carbocycles. The summed E-state index contributed by atoms with van der Waals surface area (Å²) in [5, 5.41) is 0. The van der Waals surface area contributed by atoms with Crippen molar-refractivity contribution in [2.75, 3.05) is 0 Å². The van der Waals surface area contributed by atoms with E-state index in [4.69, 9.17) is 9.15 Å². The fourth-order valence-electron chi connectivity index (χ4n) is 2.90. The minimum absolute atomic E-state index is 0.436. The molecule has 148 valence electrons. The highest BCUT2D eigenvalue weighted by Crippen LogP contribution is 2.51. The first kappa shape index (κ1) is 21.5. The van der Waals surface area contributed by atoms with Gasteiger partial charge in [-0.2, -0.15) is 10.9 Å². The molecule has 0 aliphatic carbocycles. The average Bonchev–Trinajstić information content (AvgIpc) is 3.15. The minimum Gasteiger partial charge on any atom is -0.486 e. The molecule has 0 aliphatic heterocycles. The molecule has 29 heavy (non-hydrogen) atoms. The molecule has 4 aromatic rings. The van der Waals surface area contributed by atoms with E-state index >= 15 is 0 Å². The van der Waals surface area contributed by atoms with E-state index in [9.17, 15) is 0 Å². The summed E-state index contributed by atoms with van der Waals surface area (Å²) in [5.74, 6) is 1.68. The van der Waals surface area contributed by atoms with Crippen molar-refractivity contribution in [3.63, 3.8) is 0 Å². The number of hydrogen-bond acceptors (Lipinski definition) is 2. The molecule has 0 fully saturated rings. The van der Waals surface area contributed by atoms with Crippen LogP contribution >= 0.6 is 78.7 Å². The molecular formula is C23H17I3O2S. The molecule has 0 amide bonds. The van der Waals surface area contributed by atoms with Crippen molar-refractivity contribution < 1.29 is 9.15 Å². The van der Waals surface area contributed by atoms with Crippen LogP contribution in [0.1, 0.15) is 5.76 Å². The van der Waals surface area contributed by atoms with Crippen molar-refractivity contribution in [1.29, 1.82) is 0 Å². The molecular weight excluding hydrogens is 721 g/mol. The summed E-state index contributed by atoms with van der Waals surface area (Å²) in [6.45, 7) is 0.436. The summed E-state index contributed by atoms with van der Waals surface area (Å²) in [6, 6.07) is 30.1. The summed E-state index contributed by atoms with van der Waals surface area (Å²) in [7, 11) is -0.615. The molecule has 1 aromatic heterocycles. The van der Waals surface area contributed by atoms with E-state index in [0.717, 1.165) is 15.3 Å². The maximum atomic E-state index is 5.89. The van der Waals surface area contributed by atoms with E-state index in [1.807, 2.05) is 12.1 Å². The molecule has 0 radical (unpaired) electrons. The van der Waals surface area contributed by atoms with E-state index in [1.165, 1.54) is 21.8 Å². The number of halogens is 3. The van der Waals surface area contributed by atoms with E-state index in [0.29, 0.717) is 6.61 Å². The topological polar surface area (TPSA) is 22.4 Å². The SMILES string of the molecule is Ic1ccc([SH](c2ccc(I)cc2)c2ccc(OCc3ccc(I)o3)cc2)cc1. The third-order valence-electron chi connectivity index (χ3n) is 4.27. The number of hydrogen-bond donors (Lipinski definition) is 1. The van der Waals surface area contributed by atoms with Crippen LogP contribution in [0.4, 0.5) is 0 Å². The van der Waals surface area contributed by atoms with Crippen molar-refractivity contribution in [2.45, 2.75) is 21.3 Å². The smallest absolute Gasteiger partial charge is 0.164 e. The van der Waals surface area contributed by atoms with Crippen molar-refractivity contribution >= 4 is 78.7 Å². The van der Waals surface area contributed by atoms with Gasteiger partial charge in [0, 0.05) is 7.14 Å². The van der Waals surface area contributed by atoms with Gasteiger partial charge in [-0.05, 0) is 167 Å². The van der Waals surface area contributed by atoms with E-state index in [-0.39, 0.29) is 0 Å². The number of thiol groups is 1. The van der Waals surface area contributed by atoms with Gasteiger partial charge in [0.2, 0.25) is 0 Å². The van der Waals surface area contributed by atoms with Crippen LogP contribution in [-0.4, -0.2) is 0 Å².